The second-order valence-electron chi connectivity index (χ2n) is 4.16. The fourth-order valence-corrected chi connectivity index (χ4v) is 2.16. The summed E-state index contributed by atoms with van der Waals surface area (Å²) in [6.45, 7) is 0. The minimum Gasteiger partial charge on any atom is -0.511 e. The highest BCUT2D eigenvalue weighted by atomic mass is 35.5. The van der Waals surface area contributed by atoms with E-state index in [1.54, 1.807) is 0 Å². The van der Waals surface area contributed by atoms with Crippen molar-refractivity contribution >= 4 is 40.5 Å². The predicted octanol–water partition coefficient (Wildman–Crippen LogP) is 4.41. The number of halogens is 2. The molecule has 2 rings (SSSR count). The van der Waals surface area contributed by atoms with Crippen molar-refractivity contribution in [1.82, 2.24) is 0 Å². The standard InChI is InChI=1S/C13H10Cl2N2O3/c14-7-1-4-12(18)9(5-7)13(19)16-11-3-2-8(17-20)6-10(11)15/h2-3,5-6,18H,1,4H2,(H,16,19). The van der Waals surface area contributed by atoms with Gasteiger partial charge in [-0.1, -0.05) is 23.2 Å². The highest BCUT2D eigenvalue weighted by Crippen LogP contribution is 2.29. The molecule has 1 aromatic rings. The van der Waals surface area contributed by atoms with Crippen molar-refractivity contribution in [2.75, 3.05) is 5.32 Å². The zero-order valence-electron chi connectivity index (χ0n) is 10.2. The monoisotopic (exact) mass is 312 g/mol. The number of carbonyl (C=O) groups excluding carboxylic acids is 1. The van der Waals surface area contributed by atoms with Gasteiger partial charge >= 0.3 is 0 Å². The van der Waals surface area contributed by atoms with Crippen molar-refractivity contribution in [2.45, 2.75) is 12.8 Å². The molecule has 0 saturated heterocycles. The van der Waals surface area contributed by atoms with Crippen LogP contribution in [0, 0.1) is 4.91 Å². The number of carbonyl (C=O) groups is 1. The van der Waals surface area contributed by atoms with Gasteiger partial charge in [0.25, 0.3) is 5.91 Å². The van der Waals surface area contributed by atoms with Crippen molar-refractivity contribution in [3.8, 4) is 0 Å². The number of nitroso groups, excluding NO2 is 1. The van der Waals surface area contributed by atoms with E-state index < -0.39 is 5.91 Å². The molecule has 1 aromatic carbocycles. The number of amides is 1. The Morgan fingerprint density at radius 3 is 2.70 bits per heavy atom. The molecule has 5 nitrogen and oxygen atoms in total. The molecule has 0 unspecified atom stereocenters. The van der Waals surface area contributed by atoms with Crippen LogP contribution >= 0.6 is 23.2 Å². The van der Waals surface area contributed by atoms with Gasteiger partial charge in [-0.25, -0.2) is 0 Å². The number of hydrogen-bond acceptors (Lipinski definition) is 4. The number of anilines is 1. The van der Waals surface area contributed by atoms with Crippen LogP contribution in [0.5, 0.6) is 0 Å². The fraction of sp³-hybridized carbons (Fsp3) is 0.154. The second-order valence-corrected chi connectivity index (χ2v) is 5.05. The molecule has 0 aromatic heterocycles. The SMILES string of the molecule is O=Nc1ccc(NC(=O)C2=C(O)CCC(Cl)=C2)c(Cl)c1. The van der Waals surface area contributed by atoms with Gasteiger partial charge in [0, 0.05) is 11.5 Å². The summed E-state index contributed by atoms with van der Waals surface area (Å²) in [6.07, 6.45) is 2.25. The number of nitrogens with one attached hydrogen (secondary N) is 1. The maximum Gasteiger partial charge on any atom is 0.259 e. The Kier molecular flexibility index (Phi) is 4.42. The van der Waals surface area contributed by atoms with Crippen LogP contribution in [0.3, 0.4) is 0 Å². The van der Waals surface area contributed by atoms with Crippen molar-refractivity contribution in [1.29, 1.82) is 0 Å². The van der Waals surface area contributed by atoms with E-state index in [9.17, 15) is 14.8 Å². The molecule has 0 fully saturated rings. The Hall–Kier alpha value is -1.85. The van der Waals surface area contributed by atoms with E-state index in [1.807, 2.05) is 0 Å². The van der Waals surface area contributed by atoms with Gasteiger partial charge in [-0.3, -0.25) is 4.79 Å². The maximum absolute atomic E-state index is 12.1. The highest BCUT2D eigenvalue weighted by molar-refractivity contribution is 6.34. The number of aliphatic hydroxyl groups excluding tert-OH is 1. The summed E-state index contributed by atoms with van der Waals surface area (Å²) in [7, 11) is 0. The molecule has 20 heavy (non-hydrogen) atoms. The Bertz CT molecular complexity index is 639. The Labute approximate surface area is 124 Å². The number of rotatable bonds is 3. The maximum atomic E-state index is 12.1. The van der Waals surface area contributed by atoms with Gasteiger partial charge in [0.1, 0.15) is 11.4 Å². The summed E-state index contributed by atoms with van der Waals surface area (Å²) in [4.78, 5) is 22.4. The lowest BCUT2D eigenvalue weighted by Gasteiger charge is -2.14. The summed E-state index contributed by atoms with van der Waals surface area (Å²) in [5.74, 6) is -0.539. The third-order valence-corrected chi connectivity index (χ3v) is 3.37. The van der Waals surface area contributed by atoms with E-state index in [1.165, 1.54) is 24.3 Å². The summed E-state index contributed by atoms with van der Waals surface area (Å²) < 4.78 is 0. The topological polar surface area (TPSA) is 78.8 Å². The molecule has 1 aliphatic carbocycles. The molecular formula is C13H10Cl2N2O3. The first kappa shape index (κ1) is 14.6. The molecule has 7 heteroatoms. The van der Waals surface area contributed by atoms with Crippen molar-refractivity contribution in [3.05, 3.63) is 50.6 Å². The summed E-state index contributed by atoms with van der Waals surface area (Å²) in [6, 6.07) is 4.22. The summed E-state index contributed by atoms with van der Waals surface area (Å²) in [5.41, 5.74) is 0.588. The third kappa shape index (κ3) is 3.18. The number of hydrogen-bond donors (Lipinski definition) is 2. The van der Waals surface area contributed by atoms with Gasteiger partial charge in [0.2, 0.25) is 0 Å². The number of benzene rings is 1. The van der Waals surface area contributed by atoms with Gasteiger partial charge in [0.05, 0.1) is 16.3 Å². The van der Waals surface area contributed by atoms with Crippen molar-refractivity contribution in [2.24, 2.45) is 5.18 Å². The van der Waals surface area contributed by atoms with Crippen LogP contribution in [-0.2, 0) is 4.79 Å². The van der Waals surface area contributed by atoms with Gasteiger partial charge < -0.3 is 10.4 Å². The average molecular weight is 313 g/mol. The zero-order valence-corrected chi connectivity index (χ0v) is 11.7. The lowest BCUT2D eigenvalue weighted by atomic mass is 10.0. The first-order valence-electron chi connectivity index (χ1n) is 5.73. The first-order chi connectivity index (χ1) is 9.51. The Balaban J connectivity index is 2.22. The van der Waals surface area contributed by atoms with Crippen LogP contribution in [-0.4, -0.2) is 11.0 Å². The second kappa shape index (κ2) is 6.07. The van der Waals surface area contributed by atoms with Crippen LogP contribution in [0.1, 0.15) is 12.8 Å². The van der Waals surface area contributed by atoms with Gasteiger partial charge in [-0.05, 0) is 35.9 Å². The van der Waals surface area contributed by atoms with Gasteiger partial charge in [0.15, 0.2) is 0 Å². The minimum absolute atomic E-state index is 0.0193. The molecule has 0 radical (unpaired) electrons. The molecule has 2 N–H and O–H groups in total. The largest absolute Gasteiger partial charge is 0.511 e. The highest BCUT2D eigenvalue weighted by Gasteiger charge is 2.19. The molecule has 0 saturated carbocycles. The molecule has 0 aliphatic heterocycles. The predicted molar refractivity (Wildman–Crippen MR) is 78.4 cm³/mol. The minimum atomic E-state index is -0.519. The zero-order chi connectivity index (χ0) is 14.7. The molecule has 1 aliphatic rings. The lowest BCUT2D eigenvalue weighted by Crippen LogP contribution is -2.17. The number of aliphatic hydroxyl groups is 1. The number of nitrogens with zero attached hydrogens (tertiary/aromatic N) is 1. The normalized spacial score (nSPS) is 14.8. The Morgan fingerprint density at radius 2 is 2.05 bits per heavy atom. The van der Waals surface area contributed by atoms with Crippen LogP contribution < -0.4 is 5.32 Å². The van der Waals surface area contributed by atoms with E-state index in [-0.39, 0.29) is 22.0 Å². The summed E-state index contributed by atoms with van der Waals surface area (Å²) in [5, 5.41) is 15.7. The van der Waals surface area contributed by atoms with E-state index in [0.29, 0.717) is 23.6 Å². The van der Waals surface area contributed by atoms with Crippen LogP contribution in [0.25, 0.3) is 0 Å². The lowest BCUT2D eigenvalue weighted by molar-refractivity contribution is -0.112. The van der Waals surface area contributed by atoms with Crippen LogP contribution in [0.2, 0.25) is 5.02 Å². The quantitative estimate of drug-likeness (QED) is 0.811. The molecule has 0 bridgehead atoms. The van der Waals surface area contributed by atoms with E-state index in [2.05, 4.69) is 10.5 Å². The third-order valence-electron chi connectivity index (χ3n) is 2.76. The number of allylic oxidation sites excluding steroid dienone is 2. The summed E-state index contributed by atoms with van der Waals surface area (Å²) >= 11 is 11.8. The molecule has 0 spiro atoms. The molecule has 104 valence electrons. The molecular weight excluding hydrogens is 303 g/mol. The Morgan fingerprint density at radius 1 is 1.30 bits per heavy atom. The van der Waals surface area contributed by atoms with Gasteiger partial charge in [-0.2, -0.15) is 0 Å². The van der Waals surface area contributed by atoms with Crippen molar-refractivity contribution < 1.29 is 9.90 Å². The van der Waals surface area contributed by atoms with Gasteiger partial charge in [-0.15, -0.1) is 4.91 Å². The fourth-order valence-electron chi connectivity index (χ4n) is 1.73. The van der Waals surface area contributed by atoms with Crippen LogP contribution in [0.4, 0.5) is 11.4 Å². The van der Waals surface area contributed by atoms with Crippen molar-refractivity contribution in [3.63, 3.8) is 0 Å². The molecule has 0 heterocycles. The smallest absolute Gasteiger partial charge is 0.259 e. The van der Waals surface area contributed by atoms with E-state index in [0.717, 1.165) is 0 Å². The van der Waals surface area contributed by atoms with Crippen LogP contribution in [0.15, 0.2) is 45.8 Å². The van der Waals surface area contributed by atoms with E-state index in [4.69, 9.17) is 23.2 Å². The molecule has 1 amide bonds. The average Bonchev–Trinajstić information content (AvgIpc) is 2.43. The van der Waals surface area contributed by atoms with E-state index >= 15 is 0 Å². The molecule has 0 atom stereocenters. The first-order valence-corrected chi connectivity index (χ1v) is 6.49.